The van der Waals surface area contributed by atoms with Crippen molar-refractivity contribution in [2.75, 3.05) is 13.4 Å². The van der Waals surface area contributed by atoms with Crippen LogP contribution in [0, 0.1) is 23.7 Å². The molecule has 1 aliphatic heterocycles. The third-order valence-electron chi connectivity index (χ3n) is 7.52. The molecule has 10 heteroatoms. The minimum Gasteiger partial charge on any atom is -0.464 e. The van der Waals surface area contributed by atoms with Gasteiger partial charge in [0.25, 0.3) is 0 Å². The number of esters is 3. The van der Waals surface area contributed by atoms with E-state index in [0.717, 1.165) is 30.6 Å². The van der Waals surface area contributed by atoms with Gasteiger partial charge in [-0.05, 0) is 42.9 Å². The second-order valence-corrected chi connectivity index (χ2v) is 10.8. The van der Waals surface area contributed by atoms with Crippen LogP contribution in [0.25, 0.3) is 0 Å². The summed E-state index contributed by atoms with van der Waals surface area (Å²) in [4.78, 5) is 68.0. The maximum atomic E-state index is 13.2. The molecule has 214 valence electrons. The van der Waals surface area contributed by atoms with E-state index in [1.165, 1.54) is 12.6 Å². The summed E-state index contributed by atoms with van der Waals surface area (Å²) in [5.74, 6) is -2.87. The minimum atomic E-state index is -0.972. The molecule has 0 aromatic carbocycles. The molecular formula is C29H40N2O8. The molecule has 0 bridgehead atoms. The van der Waals surface area contributed by atoms with E-state index in [-0.39, 0.29) is 43.6 Å². The monoisotopic (exact) mass is 544 g/mol. The fourth-order valence-electron chi connectivity index (χ4n) is 5.29. The predicted molar refractivity (Wildman–Crippen MR) is 140 cm³/mol. The number of hydrogen-bond acceptors (Lipinski definition) is 9. The number of rotatable bonds is 12. The SMILES string of the molecule is CCOC(=O)[C@@H]1[C@@H](Cc2ccnc(CC(=O)OCOC(=O)C(C)C)c2)C(=O)N1C(=O)C[C@H](C)C1CCCCC1. The van der Waals surface area contributed by atoms with Crippen LogP contribution in [-0.4, -0.2) is 59.0 Å². The molecule has 2 heterocycles. The van der Waals surface area contributed by atoms with Gasteiger partial charge in [-0.3, -0.25) is 29.1 Å². The van der Waals surface area contributed by atoms with Crippen LogP contribution in [0.15, 0.2) is 18.3 Å². The molecule has 2 amide bonds. The van der Waals surface area contributed by atoms with Crippen molar-refractivity contribution in [3.05, 3.63) is 29.6 Å². The number of nitrogens with zero attached hydrogens (tertiary/aromatic N) is 2. The Hall–Kier alpha value is -3.30. The minimum absolute atomic E-state index is 0.143. The third-order valence-corrected chi connectivity index (χ3v) is 7.52. The first-order valence-corrected chi connectivity index (χ1v) is 13.9. The molecule has 3 atom stereocenters. The quantitative estimate of drug-likeness (QED) is 0.221. The Bertz CT molecular complexity index is 1050. The topological polar surface area (TPSA) is 129 Å². The van der Waals surface area contributed by atoms with Crippen molar-refractivity contribution < 1.29 is 38.2 Å². The average molecular weight is 545 g/mol. The highest BCUT2D eigenvalue weighted by Crippen LogP contribution is 2.35. The maximum absolute atomic E-state index is 13.2. The van der Waals surface area contributed by atoms with Crippen LogP contribution in [0.4, 0.5) is 0 Å². The summed E-state index contributed by atoms with van der Waals surface area (Å²) >= 11 is 0. The summed E-state index contributed by atoms with van der Waals surface area (Å²) in [5.41, 5.74) is 1.09. The van der Waals surface area contributed by atoms with Crippen molar-refractivity contribution in [1.82, 2.24) is 9.88 Å². The van der Waals surface area contributed by atoms with Gasteiger partial charge in [0.1, 0.15) is 6.04 Å². The highest BCUT2D eigenvalue weighted by atomic mass is 16.7. The van der Waals surface area contributed by atoms with Crippen molar-refractivity contribution in [2.45, 2.75) is 85.1 Å². The van der Waals surface area contributed by atoms with Crippen LogP contribution < -0.4 is 0 Å². The third kappa shape index (κ3) is 8.10. The van der Waals surface area contributed by atoms with Gasteiger partial charge in [0.15, 0.2) is 0 Å². The van der Waals surface area contributed by atoms with Gasteiger partial charge >= 0.3 is 17.9 Å². The molecule has 0 unspecified atom stereocenters. The number of carbonyl (C=O) groups is 5. The molecule has 10 nitrogen and oxygen atoms in total. The number of carbonyl (C=O) groups excluding carboxylic acids is 5. The van der Waals surface area contributed by atoms with Gasteiger partial charge in [-0.15, -0.1) is 0 Å². The lowest BCUT2D eigenvalue weighted by Gasteiger charge is -2.44. The zero-order valence-corrected chi connectivity index (χ0v) is 23.4. The van der Waals surface area contributed by atoms with Crippen molar-refractivity contribution in [1.29, 1.82) is 0 Å². The second kappa shape index (κ2) is 14.2. The Kier molecular flexibility index (Phi) is 11.0. The standard InChI is InChI=1S/C29H40N2O8/c1-5-37-29(36)26-23(27(34)31(26)24(32)13-19(4)21-9-7-6-8-10-21)15-20-11-12-30-22(14-20)16-25(33)38-17-39-28(35)18(2)3/h11-12,14,18-19,21,23,26H,5-10,13,15-17H2,1-4H3/t19-,23+,26-/m0/s1. The van der Waals surface area contributed by atoms with Gasteiger partial charge in [0, 0.05) is 12.6 Å². The smallest absolute Gasteiger partial charge is 0.330 e. The van der Waals surface area contributed by atoms with Gasteiger partial charge in [0.2, 0.25) is 18.6 Å². The van der Waals surface area contributed by atoms with Gasteiger partial charge in [-0.25, -0.2) is 4.79 Å². The Morgan fingerprint density at radius 1 is 1.05 bits per heavy atom. The Balaban J connectivity index is 1.62. The number of β-lactam (4-membered cyclic amide) rings is 1. The van der Waals surface area contributed by atoms with Crippen LogP contribution in [0.3, 0.4) is 0 Å². The number of imide groups is 1. The molecule has 1 saturated heterocycles. The molecule has 0 N–H and O–H groups in total. The number of hydrogen-bond donors (Lipinski definition) is 0. The van der Waals surface area contributed by atoms with E-state index in [4.69, 9.17) is 14.2 Å². The van der Waals surface area contributed by atoms with E-state index >= 15 is 0 Å². The van der Waals surface area contributed by atoms with E-state index in [1.807, 2.05) is 6.92 Å². The number of amides is 2. The van der Waals surface area contributed by atoms with E-state index in [2.05, 4.69) is 4.98 Å². The van der Waals surface area contributed by atoms with Crippen molar-refractivity contribution in [2.24, 2.45) is 23.7 Å². The molecule has 1 aromatic rings. The lowest BCUT2D eigenvalue weighted by molar-refractivity contribution is -0.180. The van der Waals surface area contributed by atoms with Crippen LogP contribution in [0.1, 0.15) is 77.5 Å². The Morgan fingerprint density at radius 3 is 2.44 bits per heavy atom. The van der Waals surface area contributed by atoms with E-state index in [0.29, 0.717) is 17.2 Å². The van der Waals surface area contributed by atoms with E-state index in [9.17, 15) is 24.0 Å². The van der Waals surface area contributed by atoms with Crippen LogP contribution in [-0.2, 0) is 51.0 Å². The molecule has 1 saturated carbocycles. The van der Waals surface area contributed by atoms with E-state index < -0.39 is 42.6 Å². The van der Waals surface area contributed by atoms with E-state index in [1.54, 1.807) is 32.9 Å². The van der Waals surface area contributed by atoms with Gasteiger partial charge in [-0.2, -0.15) is 0 Å². The van der Waals surface area contributed by atoms with Crippen molar-refractivity contribution >= 4 is 29.7 Å². The summed E-state index contributed by atoms with van der Waals surface area (Å²) in [5, 5.41) is 0. The van der Waals surface area contributed by atoms with Gasteiger partial charge < -0.3 is 14.2 Å². The fraction of sp³-hybridized carbons (Fsp3) is 0.655. The predicted octanol–water partition coefficient (Wildman–Crippen LogP) is 3.39. The van der Waals surface area contributed by atoms with Crippen LogP contribution in [0.2, 0.25) is 0 Å². The molecule has 39 heavy (non-hydrogen) atoms. The van der Waals surface area contributed by atoms with Crippen LogP contribution >= 0.6 is 0 Å². The Labute approximate surface area is 229 Å². The summed E-state index contributed by atoms with van der Waals surface area (Å²) in [6, 6.07) is 2.39. The van der Waals surface area contributed by atoms with Gasteiger partial charge in [0.05, 0.1) is 30.6 Å². The molecule has 1 aromatic heterocycles. The number of aromatic nitrogens is 1. The van der Waals surface area contributed by atoms with Gasteiger partial charge in [-0.1, -0.05) is 52.9 Å². The molecule has 2 fully saturated rings. The zero-order valence-electron chi connectivity index (χ0n) is 23.4. The highest BCUT2D eigenvalue weighted by molar-refractivity contribution is 6.08. The second-order valence-electron chi connectivity index (χ2n) is 10.8. The molecule has 3 rings (SSSR count). The molecule has 2 aliphatic rings. The average Bonchev–Trinajstić information content (AvgIpc) is 2.90. The molecule has 1 aliphatic carbocycles. The number of likely N-dealkylation sites (tertiary alicyclic amines) is 1. The highest BCUT2D eigenvalue weighted by Gasteiger charge is 2.55. The first kappa shape index (κ1) is 30.2. The fourth-order valence-corrected chi connectivity index (χ4v) is 5.29. The molecule has 0 radical (unpaired) electrons. The number of ether oxygens (including phenoxy) is 3. The first-order chi connectivity index (χ1) is 18.6. The zero-order chi connectivity index (χ0) is 28.5. The molecular weight excluding hydrogens is 504 g/mol. The van der Waals surface area contributed by atoms with Crippen molar-refractivity contribution in [3.63, 3.8) is 0 Å². The summed E-state index contributed by atoms with van der Waals surface area (Å²) in [7, 11) is 0. The van der Waals surface area contributed by atoms with Crippen LogP contribution in [0.5, 0.6) is 0 Å². The summed E-state index contributed by atoms with van der Waals surface area (Å²) in [6.07, 6.45) is 7.51. The summed E-state index contributed by atoms with van der Waals surface area (Å²) < 4.78 is 15.0. The van der Waals surface area contributed by atoms with Crippen molar-refractivity contribution in [3.8, 4) is 0 Å². The molecule has 0 spiro atoms. The lowest BCUT2D eigenvalue weighted by atomic mass is 9.78. The lowest BCUT2D eigenvalue weighted by Crippen LogP contribution is -2.67. The first-order valence-electron chi connectivity index (χ1n) is 13.9. The normalized spacial score (nSPS) is 20.2. The number of pyridine rings is 1. The Morgan fingerprint density at radius 2 is 1.77 bits per heavy atom. The largest absolute Gasteiger partial charge is 0.464 e. The summed E-state index contributed by atoms with van der Waals surface area (Å²) in [6.45, 7) is 6.75. The maximum Gasteiger partial charge on any atom is 0.330 e.